The third-order valence-electron chi connectivity index (χ3n) is 2.67. The summed E-state index contributed by atoms with van der Waals surface area (Å²) in [6.07, 6.45) is 0. The second-order valence-corrected chi connectivity index (χ2v) is 5.02. The molecule has 0 bridgehead atoms. The maximum Gasteiger partial charge on any atom is 0.271 e. The maximum atomic E-state index is 11.9. The molecule has 0 unspecified atom stereocenters. The second kappa shape index (κ2) is 7.53. The topological polar surface area (TPSA) is 70.2 Å². The van der Waals surface area contributed by atoms with Crippen molar-refractivity contribution in [1.82, 2.24) is 16.2 Å². The Kier molecular flexibility index (Phi) is 5.46. The predicted molar refractivity (Wildman–Crippen MR) is 88.6 cm³/mol. The van der Waals surface area contributed by atoms with Crippen LogP contribution < -0.4 is 16.2 Å². The molecule has 0 aliphatic rings. The molecule has 112 valence electrons. The predicted octanol–water partition coefficient (Wildman–Crippen LogP) is 2.29. The van der Waals surface area contributed by atoms with Crippen molar-refractivity contribution >= 4 is 40.7 Å². The summed E-state index contributed by atoms with van der Waals surface area (Å²) >= 11 is 10.8. The van der Waals surface area contributed by atoms with E-state index in [-0.39, 0.29) is 11.0 Å². The van der Waals surface area contributed by atoms with E-state index in [1.807, 2.05) is 0 Å². The molecule has 2 rings (SSSR count). The Labute approximate surface area is 137 Å². The summed E-state index contributed by atoms with van der Waals surface area (Å²) in [5, 5.41) is 2.75. The van der Waals surface area contributed by atoms with Crippen molar-refractivity contribution in [1.29, 1.82) is 0 Å². The summed E-state index contributed by atoms with van der Waals surface area (Å²) in [6.45, 7) is 0. The van der Waals surface area contributed by atoms with Crippen molar-refractivity contribution in [2.75, 3.05) is 0 Å². The van der Waals surface area contributed by atoms with Crippen molar-refractivity contribution in [3.63, 3.8) is 0 Å². The molecular formula is C15H12ClN3O2S. The fraction of sp³-hybridized carbons (Fsp3) is 0. The molecule has 2 aromatic carbocycles. The van der Waals surface area contributed by atoms with Crippen LogP contribution in [0.4, 0.5) is 0 Å². The lowest BCUT2D eigenvalue weighted by Crippen LogP contribution is -2.48. The Morgan fingerprint density at radius 2 is 1.50 bits per heavy atom. The summed E-state index contributed by atoms with van der Waals surface area (Å²) in [6, 6.07) is 15.2. The average molecular weight is 334 g/mol. The Balaban J connectivity index is 1.87. The Morgan fingerprint density at radius 1 is 0.864 bits per heavy atom. The van der Waals surface area contributed by atoms with Gasteiger partial charge in [-0.05, 0) is 36.5 Å². The van der Waals surface area contributed by atoms with Crippen LogP contribution in [-0.2, 0) is 0 Å². The van der Waals surface area contributed by atoms with Crippen LogP contribution in [0.1, 0.15) is 20.7 Å². The van der Waals surface area contributed by atoms with E-state index >= 15 is 0 Å². The molecule has 0 spiro atoms. The monoisotopic (exact) mass is 333 g/mol. The summed E-state index contributed by atoms with van der Waals surface area (Å²) < 4.78 is 0. The quantitative estimate of drug-likeness (QED) is 0.582. The first kappa shape index (κ1) is 15.9. The van der Waals surface area contributed by atoms with Crippen LogP contribution in [-0.4, -0.2) is 16.9 Å². The lowest BCUT2D eigenvalue weighted by molar-refractivity contribution is 0.0934. The number of hydrogen-bond acceptors (Lipinski definition) is 3. The molecule has 2 aromatic rings. The van der Waals surface area contributed by atoms with Crippen LogP contribution in [0, 0.1) is 0 Å². The zero-order chi connectivity index (χ0) is 15.9. The van der Waals surface area contributed by atoms with Crippen LogP contribution in [0.15, 0.2) is 54.6 Å². The van der Waals surface area contributed by atoms with E-state index < -0.39 is 5.91 Å². The number of hydrazine groups is 1. The van der Waals surface area contributed by atoms with Gasteiger partial charge in [0.25, 0.3) is 11.8 Å². The number of rotatable bonds is 2. The van der Waals surface area contributed by atoms with Gasteiger partial charge in [0.2, 0.25) is 0 Å². The highest BCUT2D eigenvalue weighted by Crippen LogP contribution is 2.13. The third-order valence-corrected chi connectivity index (χ3v) is 3.20. The molecule has 0 saturated heterocycles. The van der Waals surface area contributed by atoms with E-state index in [1.165, 1.54) is 0 Å². The van der Waals surface area contributed by atoms with Gasteiger partial charge >= 0.3 is 0 Å². The maximum absolute atomic E-state index is 11.9. The highest BCUT2D eigenvalue weighted by atomic mass is 35.5. The molecule has 0 fully saturated rings. The number of amides is 2. The SMILES string of the molecule is O=C(NC(=S)NNC(=O)c1ccccc1Cl)c1ccccc1. The molecule has 22 heavy (non-hydrogen) atoms. The fourth-order valence-electron chi connectivity index (χ4n) is 1.62. The van der Waals surface area contributed by atoms with E-state index in [0.29, 0.717) is 16.1 Å². The average Bonchev–Trinajstić information content (AvgIpc) is 2.54. The van der Waals surface area contributed by atoms with Gasteiger partial charge in [-0.2, -0.15) is 0 Å². The minimum Gasteiger partial charge on any atom is -0.298 e. The van der Waals surface area contributed by atoms with E-state index in [4.69, 9.17) is 23.8 Å². The van der Waals surface area contributed by atoms with Gasteiger partial charge in [0.15, 0.2) is 5.11 Å². The minimum atomic E-state index is -0.457. The number of hydrogen-bond donors (Lipinski definition) is 3. The molecule has 3 N–H and O–H groups in total. The van der Waals surface area contributed by atoms with Crippen molar-refractivity contribution in [3.8, 4) is 0 Å². The van der Waals surface area contributed by atoms with Gasteiger partial charge in [-0.25, -0.2) is 0 Å². The van der Waals surface area contributed by atoms with Crippen LogP contribution >= 0.6 is 23.8 Å². The molecule has 0 saturated carbocycles. The number of carbonyl (C=O) groups excluding carboxylic acids is 2. The lowest BCUT2D eigenvalue weighted by atomic mass is 10.2. The molecule has 5 nitrogen and oxygen atoms in total. The number of carbonyl (C=O) groups is 2. The van der Waals surface area contributed by atoms with Gasteiger partial charge < -0.3 is 0 Å². The van der Waals surface area contributed by atoms with Crippen molar-refractivity contribution in [2.24, 2.45) is 0 Å². The van der Waals surface area contributed by atoms with Crippen LogP contribution in [0.3, 0.4) is 0 Å². The zero-order valence-corrected chi connectivity index (χ0v) is 12.9. The van der Waals surface area contributed by atoms with Crippen molar-refractivity contribution in [3.05, 3.63) is 70.7 Å². The molecule has 0 aliphatic carbocycles. The molecule has 0 heterocycles. The van der Waals surface area contributed by atoms with E-state index in [1.54, 1.807) is 54.6 Å². The number of nitrogens with one attached hydrogen (secondary N) is 3. The van der Waals surface area contributed by atoms with E-state index in [0.717, 1.165) is 0 Å². The number of halogens is 1. The Bertz CT molecular complexity index is 707. The zero-order valence-electron chi connectivity index (χ0n) is 11.3. The first-order valence-electron chi connectivity index (χ1n) is 6.29. The van der Waals surface area contributed by atoms with Crippen molar-refractivity contribution < 1.29 is 9.59 Å². The van der Waals surface area contributed by atoms with Gasteiger partial charge in [0, 0.05) is 5.56 Å². The smallest absolute Gasteiger partial charge is 0.271 e. The standard InChI is InChI=1S/C15H12ClN3O2S/c16-12-9-5-4-8-11(12)14(21)18-19-15(22)17-13(20)10-6-2-1-3-7-10/h1-9H,(H,18,21)(H2,17,19,20,22). The minimum absolute atomic E-state index is 0.0192. The molecular weight excluding hydrogens is 322 g/mol. The largest absolute Gasteiger partial charge is 0.298 e. The molecule has 2 amide bonds. The van der Waals surface area contributed by atoms with Crippen LogP contribution in [0.25, 0.3) is 0 Å². The molecule has 7 heteroatoms. The van der Waals surface area contributed by atoms with Gasteiger partial charge in [0.1, 0.15) is 0 Å². The third kappa shape index (κ3) is 4.28. The lowest BCUT2D eigenvalue weighted by Gasteiger charge is -2.11. The summed E-state index contributed by atoms with van der Waals surface area (Å²) in [5.74, 6) is -0.827. The first-order chi connectivity index (χ1) is 10.6. The summed E-state index contributed by atoms with van der Waals surface area (Å²) in [7, 11) is 0. The first-order valence-corrected chi connectivity index (χ1v) is 7.08. The van der Waals surface area contributed by atoms with Gasteiger partial charge in [-0.15, -0.1) is 0 Å². The highest BCUT2D eigenvalue weighted by molar-refractivity contribution is 7.80. The van der Waals surface area contributed by atoms with Gasteiger partial charge in [0.05, 0.1) is 10.6 Å². The molecule has 0 radical (unpaired) electrons. The van der Waals surface area contributed by atoms with Crippen LogP contribution in [0.2, 0.25) is 5.02 Å². The Hall–Kier alpha value is -2.44. The summed E-state index contributed by atoms with van der Waals surface area (Å²) in [4.78, 5) is 23.7. The number of thiocarbonyl (C=S) groups is 1. The second-order valence-electron chi connectivity index (χ2n) is 4.21. The van der Waals surface area contributed by atoms with Gasteiger partial charge in [-0.1, -0.05) is 41.9 Å². The van der Waals surface area contributed by atoms with E-state index in [2.05, 4.69) is 16.2 Å². The molecule has 0 atom stereocenters. The van der Waals surface area contributed by atoms with E-state index in [9.17, 15) is 9.59 Å². The highest BCUT2D eigenvalue weighted by Gasteiger charge is 2.11. The summed E-state index contributed by atoms with van der Waals surface area (Å²) in [5.41, 5.74) is 5.58. The normalized spacial score (nSPS) is 9.68. The van der Waals surface area contributed by atoms with Crippen LogP contribution in [0.5, 0.6) is 0 Å². The molecule has 0 aliphatic heterocycles. The fourth-order valence-corrected chi connectivity index (χ4v) is 1.99. The molecule has 0 aromatic heterocycles. The Morgan fingerprint density at radius 3 is 2.18 bits per heavy atom. The number of benzene rings is 2. The van der Waals surface area contributed by atoms with Gasteiger partial charge in [-0.3, -0.25) is 25.8 Å². The van der Waals surface area contributed by atoms with Crippen molar-refractivity contribution in [2.45, 2.75) is 0 Å².